The molecule has 8 heteroatoms. The Balaban J connectivity index is 1.38. The quantitative estimate of drug-likeness (QED) is 0.530. The van der Waals surface area contributed by atoms with E-state index in [1.54, 1.807) is 13.3 Å². The fourth-order valence-electron chi connectivity index (χ4n) is 4.44. The number of rotatable bonds is 7. The average molecular weight is 450 g/mol. The number of nitrogens with zero attached hydrogens (tertiary/aromatic N) is 3. The molecule has 1 aliphatic heterocycles. The number of oxazole rings is 1. The van der Waals surface area contributed by atoms with Crippen molar-refractivity contribution in [2.45, 2.75) is 25.4 Å². The summed E-state index contributed by atoms with van der Waals surface area (Å²) in [6.07, 6.45) is 5.65. The van der Waals surface area contributed by atoms with Crippen molar-refractivity contribution in [3.63, 3.8) is 0 Å². The number of hydrogen-bond donors (Lipinski definition) is 2. The normalized spacial score (nSPS) is 19.6. The van der Waals surface area contributed by atoms with Crippen molar-refractivity contribution in [3.05, 3.63) is 54.4 Å². The number of fused-ring (bicyclic) bond motifs is 1. The lowest BCUT2D eigenvalue weighted by molar-refractivity contribution is -0.146. The van der Waals surface area contributed by atoms with Crippen molar-refractivity contribution in [2.75, 3.05) is 26.7 Å². The Morgan fingerprint density at radius 1 is 1.36 bits per heavy atom. The number of carboxylic acids is 1. The zero-order valence-electron chi connectivity index (χ0n) is 18.5. The van der Waals surface area contributed by atoms with Crippen molar-refractivity contribution in [1.82, 2.24) is 14.9 Å². The summed E-state index contributed by atoms with van der Waals surface area (Å²) in [7, 11) is 1.60. The van der Waals surface area contributed by atoms with Gasteiger partial charge in [-0.3, -0.25) is 14.7 Å². The van der Waals surface area contributed by atoms with Crippen molar-refractivity contribution in [3.8, 4) is 17.6 Å². The van der Waals surface area contributed by atoms with Crippen LogP contribution >= 0.6 is 0 Å². The Labute approximate surface area is 192 Å². The van der Waals surface area contributed by atoms with Gasteiger partial charge in [-0.2, -0.15) is 0 Å². The summed E-state index contributed by atoms with van der Waals surface area (Å²) < 4.78 is 10.2. The van der Waals surface area contributed by atoms with Crippen LogP contribution in [0.4, 0.5) is 0 Å². The van der Waals surface area contributed by atoms with Gasteiger partial charge < -0.3 is 19.4 Å². The number of aliphatic carboxylic acids is 1. The van der Waals surface area contributed by atoms with Gasteiger partial charge in [-0.1, -0.05) is 5.92 Å². The fourth-order valence-corrected chi connectivity index (χ4v) is 4.44. The maximum Gasteiger partial charge on any atom is 0.308 e. The minimum atomic E-state index is -0.803. The molecule has 1 aromatic carbocycles. The highest BCUT2D eigenvalue weighted by molar-refractivity contribution is 5.83. The molecule has 1 aliphatic rings. The van der Waals surface area contributed by atoms with E-state index in [9.17, 15) is 15.0 Å². The number of piperidine rings is 1. The minimum Gasteiger partial charge on any atom is -0.497 e. The fraction of sp³-hybridized carbons (Fsp3) is 0.400. The predicted octanol–water partition coefficient (Wildman–Crippen LogP) is 3.12. The number of carboxylic acid groups (broad SMARTS) is 1. The highest BCUT2D eigenvalue weighted by atomic mass is 16.5. The summed E-state index contributed by atoms with van der Waals surface area (Å²) >= 11 is 0. The van der Waals surface area contributed by atoms with E-state index in [-0.39, 0.29) is 5.92 Å². The molecule has 0 spiro atoms. The van der Waals surface area contributed by atoms with Crippen LogP contribution in [-0.2, 0) is 4.79 Å². The Morgan fingerprint density at radius 3 is 3.00 bits per heavy atom. The molecule has 2 aromatic heterocycles. The second-order valence-electron chi connectivity index (χ2n) is 8.28. The predicted molar refractivity (Wildman–Crippen MR) is 122 cm³/mol. The molecule has 0 bridgehead atoms. The number of benzene rings is 1. The third-order valence-electron chi connectivity index (χ3n) is 6.26. The molecular weight excluding hydrogens is 422 g/mol. The molecule has 1 saturated heterocycles. The van der Waals surface area contributed by atoms with Gasteiger partial charge in [-0.15, -0.1) is 0 Å². The van der Waals surface area contributed by atoms with E-state index >= 15 is 0 Å². The topological polar surface area (TPSA) is 109 Å². The summed E-state index contributed by atoms with van der Waals surface area (Å²) in [4.78, 5) is 22.3. The monoisotopic (exact) mass is 449 g/mol. The van der Waals surface area contributed by atoms with Crippen molar-refractivity contribution in [1.29, 1.82) is 0 Å². The van der Waals surface area contributed by atoms with Crippen LogP contribution in [0.3, 0.4) is 0 Å². The van der Waals surface area contributed by atoms with Gasteiger partial charge in [-0.25, -0.2) is 4.98 Å². The van der Waals surface area contributed by atoms with Crippen LogP contribution in [-0.4, -0.2) is 57.8 Å². The summed E-state index contributed by atoms with van der Waals surface area (Å²) in [6, 6.07) is 7.40. The van der Waals surface area contributed by atoms with Crippen molar-refractivity contribution in [2.24, 2.45) is 11.8 Å². The number of likely N-dealkylation sites (tertiary alicyclic amines) is 1. The largest absolute Gasteiger partial charge is 0.497 e. The lowest BCUT2D eigenvalue weighted by Gasteiger charge is -2.36. The molecule has 0 aliphatic carbocycles. The molecule has 0 amide bonds. The summed E-state index contributed by atoms with van der Waals surface area (Å²) in [5.74, 6) is 5.36. The molecule has 3 atom stereocenters. The molecule has 3 heterocycles. The third-order valence-corrected chi connectivity index (χ3v) is 6.26. The van der Waals surface area contributed by atoms with E-state index in [0.29, 0.717) is 37.4 Å². The van der Waals surface area contributed by atoms with Gasteiger partial charge in [0.05, 0.1) is 31.2 Å². The molecule has 8 nitrogen and oxygen atoms in total. The molecule has 33 heavy (non-hydrogen) atoms. The molecule has 4 rings (SSSR count). The number of pyridine rings is 1. The van der Waals surface area contributed by atoms with Gasteiger partial charge in [0.2, 0.25) is 0 Å². The van der Waals surface area contributed by atoms with Crippen LogP contribution < -0.4 is 4.74 Å². The Kier molecular flexibility index (Phi) is 7.23. The zero-order chi connectivity index (χ0) is 23.2. The maximum absolute atomic E-state index is 12.0. The van der Waals surface area contributed by atoms with E-state index < -0.39 is 18.0 Å². The first-order valence-electron chi connectivity index (χ1n) is 11.0. The van der Waals surface area contributed by atoms with Crippen LogP contribution in [0.2, 0.25) is 0 Å². The van der Waals surface area contributed by atoms with Gasteiger partial charge in [0, 0.05) is 18.1 Å². The van der Waals surface area contributed by atoms with Crippen LogP contribution in [0.5, 0.6) is 5.75 Å². The highest BCUT2D eigenvalue weighted by Gasteiger charge is 2.34. The SMILES string of the molecule is COc1ccc2nccc(C(O)CC[C@@H]3CCN(CC#Cc4cocn4)C[C@@H]3C(=O)O)c2c1. The first-order chi connectivity index (χ1) is 16.0. The molecule has 172 valence electrons. The molecule has 1 fully saturated rings. The van der Waals surface area contributed by atoms with Crippen LogP contribution in [0.1, 0.15) is 36.6 Å². The summed E-state index contributed by atoms with van der Waals surface area (Å²) in [5, 5.41) is 21.6. The number of ether oxygens (including phenoxy) is 1. The van der Waals surface area contributed by atoms with Gasteiger partial charge in [-0.05, 0) is 67.5 Å². The smallest absolute Gasteiger partial charge is 0.308 e. The summed E-state index contributed by atoms with van der Waals surface area (Å²) in [5.41, 5.74) is 2.14. The molecule has 2 N–H and O–H groups in total. The van der Waals surface area contributed by atoms with E-state index in [2.05, 4.69) is 26.7 Å². The molecule has 0 saturated carbocycles. The lowest BCUT2D eigenvalue weighted by Crippen LogP contribution is -2.44. The van der Waals surface area contributed by atoms with E-state index in [0.717, 1.165) is 29.4 Å². The van der Waals surface area contributed by atoms with E-state index in [1.807, 2.05) is 24.3 Å². The van der Waals surface area contributed by atoms with Crippen molar-refractivity contribution >= 4 is 16.9 Å². The van der Waals surface area contributed by atoms with Crippen molar-refractivity contribution < 1.29 is 24.2 Å². The maximum atomic E-state index is 12.0. The van der Waals surface area contributed by atoms with Crippen LogP contribution in [0.15, 0.2) is 47.5 Å². The molecule has 3 aromatic rings. The second kappa shape index (κ2) is 10.5. The average Bonchev–Trinajstić information content (AvgIpc) is 3.35. The van der Waals surface area contributed by atoms with E-state index in [1.165, 1.54) is 12.7 Å². The van der Waals surface area contributed by atoms with Crippen LogP contribution in [0, 0.1) is 23.7 Å². The summed E-state index contributed by atoms with van der Waals surface area (Å²) in [6.45, 7) is 1.70. The number of aliphatic hydroxyl groups excluding tert-OH is 1. The first kappa shape index (κ1) is 22.8. The standard InChI is InChI=1S/C25H27N3O5/c1-32-19-5-6-23-21(13-19)20(8-10-26-23)24(29)7-4-17-9-12-28(14-22(17)25(30)31)11-2-3-18-15-33-16-27-18/h5-6,8,10,13,15-17,22,24,29H,4,7,9,11-12,14H2,1H3,(H,30,31)/t17-,22+,24?/m1/s1. The molecular formula is C25H27N3O5. The number of methoxy groups -OCH3 is 1. The Hall–Kier alpha value is -3.41. The second-order valence-corrected chi connectivity index (χ2v) is 8.28. The lowest BCUT2D eigenvalue weighted by atomic mass is 9.81. The van der Waals surface area contributed by atoms with Gasteiger partial charge in [0.15, 0.2) is 12.1 Å². The van der Waals surface area contributed by atoms with Crippen LogP contribution in [0.25, 0.3) is 10.9 Å². The zero-order valence-corrected chi connectivity index (χ0v) is 18.5. The van der Waals surface area contributed by atoms with Gasteiger partial charge in [0.25, 0.3) is 0 Å². The minimum absolute atomic E-state index is 0.000429. The van der Waals surface area contributed by atoms with Gasteiger partial charge in [0.1, 0.15) is 12.0 Å². The molecule has 0 radical (unpaired) electrons. The van der Waals surface area contributed by atoms with E-state index in [4.69, 9.17) is 9.15 Å². The number of carbonyl (C=O) groups is 1. The van der Waals surface area contributed by atoms with Gasteiger partial charge >= 0.3 is 5.97 Å². The number of aromatic nitrogens is 2. The Morgan fingerprint density at radius 2 is 2.24 bits per heavy atom. The highest BCUT2D eigenvalue weighted by Crippen LogP contribution is 2.33. The molecule has 1 unspecified atom stereocenters. The third kappa shape index (κ3) is 5.51. The first-order valence-corrected chi connectivity index (χ1v) is 11.0. The Bertz CT molecular complexity index is 1150. The number of hydrogen-bond acceptors (Lipinski definition) is 7. The number of aliphatic hydroxyl groups is 1.